The van der Waals surface area contributed by atoms with E-state index in [1.807, 2.05) is 38.1 Å². The summed E-state index contributed by atoms with van der Waals surface area (Å²) in [7, 11) is 0. The fourth-order valence-electron chi connectivity index (χ4n) is 1.95. The summed E-state index contributed by atoms with van der Waals surface area (Å²) in [6, 6.07) is 10.9. The molecule has 0 spiro atoms. The Labute approximate surface area is 128 Å². The highest BCUT2D eigenvalue weighted by Crippen LogP contribution is 2.36. The van der Waals surface area contributed by atoms with Gasteiger partial charge in [-0.2, -0.15) is 0 Å². The van der Waals surface area contributed by atoms with E-state index >= 15 is 0 Å². The van der Waals surface area contributed by atoms with Crippen LogP contribution in [0.2, 0.25) is 10.0 Å². The van der Waals surface area contributed by atoms with E-state index in [9.17, 15) is 5.11 Å². The lowest BCUT2D eigenvalue weighted by molar-refractivity contribution is 0.220. The molecule has 0 aliphatic carbocycles. The molecule has 0 amide bonds. The lowest BCUT2D eigenvalue weighted by Gasteiger charge is -2.16. The molecular formula is C16H16Cl2O2. The first-order valence-corrected chi connectivity index (χ1v) is 7.15. The number of ether oxygens (including phenoxy) is 1. The number of aliphatic hydroxyl groups is 1. The van der Waals surface area contributed by atoms with E-state index < -0.39 is 6.10 Å². The summed E-state index contributed by atoms with van der Waals surface area (Å²) in [6.45, 7) is 4.38. The third-order valence-corrected chi connectivity index (χ3v) is 3.66. The molecule has 0 aromatic heterocycles. The van der Waals surface area contributed by atoms with Crippen LogP contribution in [-0.4, -0.2) is 11.7 Å². The number of aryl methyl sites for hydroxylation is 1. The minimum absolute atomic E-state index is 0.436. The van der Waals surface area contributed by atoms with E-state index in [1.165, 1.54) is 0 Å². The predicted octanol–water partition coefficient (Wildman–Crippen LogP) is 4.78. The Morgan fingerprint density at radius 1 is 1.10 bits per heavy atom. The van der Waals surface area contributed by atoms with Crippen LogP contribution in [0.4, 0.5) is 0 Å². The largest absolute Gasteiger partial charge is 0.492 e. The molecule has 0 radical (unpaired) electrons. The van der Waals surface area contributed by atoms with Crippen molar-refractivity contribution < 1.29 is 9.84 Å². The van der Waals surface area contributed by atoms with Crippen molar-refractivity contribution in [3.63, 3.8) is 0 Å². The number of hydrogen-bond acceptors (Lipinski definition) is 2. The maximum absolute atomic E-state index is 10.4. The Kier molecular flexibility index (Phi) is 4.92. The first kappa shape index (κ1) is 15.2. The summed E-state index contributed by atoms with van der Waals surface area (Å²) in [5.74, 6) is 0.527. The number of benzene rings is 2. The number of aliphatic hydroxyl groups excluding tert-OH is 1. The van der Waals surface area contributed by atoms with E-state index in [2.05, 4.69) is 0 Å². The smallest absolute Gasteiger partial charge is 0.139 e. The Balaban J connectivity index is 2.37. The van der Waals surface area contributed by atoms with Crippen LogP contribution in [0.5, 0.6) is 5.75 Å². The highest BCUT2D eigenvalue weighted by Gasteiger charge is 2.17. The maximum Gasteiger partial charge on any atom is 0.139 e. The van der Waals surface area contributed by atoms with Gasteiger partial charge < -0.3 is 9.84 Å². The van der Waals surface area contributed by atoms with Gasteiger partial charge in [0.15, 0.2) is 0 Å². The van der Waals surface area contributed by atoms with E-state index in [0.717, 1.165) is 11.1 Å². The molecule has 2 nitrogen and oxygen atoms in total. The van der Waals surface area contributed by atoms with Gasteiger partial charge in [-0.25, -0.2) is 0 Å². The molecule has 1 N–H and O–H groups in total. The first-order chi connectivity index (χ1) is 9.52. The van der Waals surface area contributed by atoms with Crippen molar-refractivity contribution in [2.75, 3.05) is 6.61 Å². The van der Waals surface area contributed by atoms with Crippen molar-refractivity contribution in [1.29, 1.82) is 0 Å². The molecule has 20 heavy (non-hydrogen) atoms. The number of rotatable bonds is 4. The number of halogens is 2. The highest BCUT2D eigenvalue weighted by atomic mass is 35.5. The Hall–Kier alpha value is -1.22. The summed E-state index contributed by atoms with van der Waals surface area (Å²) in [5.41, 5.74) is 2.48. The average Bonchev–Trinajstić information content (AvgIpc) is 2.43. The van der Waals surface area contributed by atoms with E-state index in [1.54, 1.807) is 12.1 Å². The summed E-state index contributed by atoms with van der Waals surface area (Å²) in [6.07, 6.45) is -0.809. The third kappa shape index (κ3) is 3.26. The van der Waals surface area contributed by atoms with Gasteiger partial charge in [0, 0.05) is 11.6 Å². The van der Waals surface area contributed by atoms with Gasteiger partial charge in [-0.05, 0) is 25.5 Å². The van der Waals surface area contributed by atoms with Gasteiger partial charge in [0.25, 0.3) is 0 Å². The third-order valence-electron chi connectivity index (χ3n) is 3.04. The van der Waals surface area contributed by atoms with Gasteiger partial charge in [0.1, 0.15) is 11.9 Å². The highest BCUT2D eigenvalue weighted by molar-refractivity contribution is 6.34. The zero-order valence-corrected chi connectivity index (χ0v) is 12.9. The zero-order chi connectivity index (χ0) is 14.7. The first-order valence-electron chi connectivity index (χ1n) is 6.39. The van der Waals surface area contributed by atoms with Crippen LogP contribution in [0.25, 0.3) is 0 Å². The second-order valence-electron chi connectivity index (χ2n) is 4.55. The maximum atomic E-state index is 10.4. The molecule has 2 rings (SSSR count). The average molecular weight is 311 g/mol. The minimum Gasteiger partial charge on any atom is -0.492 e. The minimum atomic E-state index is -0.809. The quantitative estimate of drug-likeness (QED) is 0.880. The van der Waals surface area contributed by atoms with Crippen molar-refractivity contribution >= 4 is 23.2 Å². The lowest BCUT2D eigenvalue weighted by Crippen LogP contribution is -2.02. The van der Waals surface area contributed by atoms with Crippen LogP contribution in [0.15, 0.2) is 36.4 Å². The van der Waals surface area contributed by atoms with Crippen LogP contribution >= 0.6 is 23.2 Å². The van der Waals surface area contributed by atoms with Crippen molar-refractivity contribution in [3.8, 4) is 5.75 Å². The summed E-state index contributed by atoms with van der Waals surface area (Å²) in [5, 5.41) is 11.3. The van der Waals surface area contributed by atoms with E-state index in [-0.39, 0.29) is 0 Å². The van der Waals surface area contributed by atoms with Crippen LogP contribution in [-0.2, 0) is 0 Å². The standard InChI is InChI=1S/C16H16Cl2O2/c1-3-20-15-9-13(17)12(8-14(15)18)16(19)11-6-4-10(2)5-7-11/h4-9,16,19H,3H2,1-2H3. The zero-order valence-electron chi connectivity index (χ0n) is 11.4. The number of hydrogen-bond donors (Lipinski definition) is 1. The second kappa shape index (κ2) is 6.49. The van der Waals surface area contributed by atoms with Gasteiger partial charge >= 0.3 is 0 Å². The van der Waals surface area contributed by atoms with E-state index in [0.29, 0.717) is 28.0 Å². The molecule has 0 bridgehead atoms. The summed E-state index contributed by atoms with van der Waals surface area (Å²) in [4.78, 5) is 0. The van der Waals surface area contributed by atoms with Gasteiger partial charge in [-0.3, -0.25) is 0 Å². The molecule has 0 aliphatic rings. The fraction of sp³-hybridized carbons (Fsp3) is 0.250. The monoisotopic (exact) mass is 310 g/mol. The van der Waals surface area contributed by atoms with Gasteiger partial charge in [-0.1, -0.05) is 53.0 Å². The fourth-order valence-corrected chi connectivity index (χ4v) is 2.43. The molecule has 0 aliphatic heterocycles. The molecule has 0 saturated carbocycles. The van der Waals surface area contributed by atoms with Gasteiger partial charge in [-0.15, -0.1) is 0 Å². The van der Waals surface area contributed by atoms with Crippen molar-refractivity contribution in [3.05, 3.63) is 63.1 Å². The molecular weight excluding hydrogens is 295 g/mol. The molecule has 2 aromatic rings. The molecule has 1 unspecified atom stereocenters. The normalized spacial score (nSPS) is 12.2. The molecule has 106 valence electrons. The van der Waals surface area contributed by atoms with Crippen LogP contribution in [0, 0.1) is 6.92 Å². The van der Waals surface area contributed by atoms with Crippen molar-refractivity contribution in [2.45, 2.75) is 20.0 Å². The summed E-state index contributed by atoms with van der Waals surface area (Å²) >= 11 is 12.4. The second-order valence-corrected chi connectivity index (χ2v) is 5.36. The summed E-state index contributed by atoms with van der Waals surface area (Å²) < 4.78 is 5.38. The van der Waals surface area contributed by atoms with Crippen LogP contribution in [0.1, 0.15) is 29.7 Å². The molecule has 4 heteroatoms. The van der Waals surface area contributed by atoms with Gasteiger partial charge in [0.05, 0.1) is 16.7 Å². The predicted molar refractivity (Wildman–Crippen MR) is 82.9 cm³/mol. The molecule has 0 heterocycles. The van der Waals surface area contributed by atoms with Crippen LogP contribution in [0.3, 0.4) is 0 Å². The van der Waals surface area contributed by atoms with E-state index in [4.69, 9.17) is 27.9 Å². The van der Waals surface area contributed by atoms with Crippen molar-refractivity contribution in [2.24, 2.45) is 0 Å². The molecule has 2 aromatic carbocycles. The van der Waals surface area contributed by atoms with Crippen LogP contribution < -0.4 is 4.74 Å². The van der Waals surface area contributed by atoms with Crippen molar-refractivity contribution in [1.82, 2.24) is 0 Å². The Morgan fingerprint density at radius 3 is 2.35 bits per heavy atom. The lowest BCUT2D eigenvalue weighted by atomic mass is 10.0. The molecule has 0 saturated heterocycles. The van der Waals surface area contributed by atoms with Gasteiger partial charge in [0.2, 0.25) is 0 Å². The SMILES string of the molecule is CCOc1cc(Cl)c(C(O)c2ccc(C)cc2)cc1Cl. The molecule has 1 atom stereocenters. The topological polar surface area (TPSA) is 29.5 Å². The molecule has 0 fully saturated rings. The Morgan fingerprint density at radius 2 is 1.75 bits per heavy atom. The Bertz CT molecular complexity index is 594.